The molecule has 0 bridgehead atoms. The fourth-order valence-electron chi connectivity index (χ4n) is 3.31. The van der Waals surface area contributed by atoms with E-state index in [2.05, 4.69) is 20.7 Å². The Kier molecular flexibility index (Phi) is 3.84. The van der Waals surface area contributed by atoms with E-state index in [4.69, 9.17) is 0 Å². The molecule has 2 saturated heterocycles. The van der Waals surface area contributed by atoms with Gasteiger partial charge in [-0.25, -0.2) is 4.79 Å². The van der Waals surface area contributed by atoms with Gasteiger partial charge in [0.15, 0.2) is 0 Å². The van der Waals surface area contributed by atoms with E-state index < -0.39 is 21.8 Å². The van der Waals surface area contributed by atoms with Crippen LogP contribution >= 0.6 is 23.5 Å². The number of benzene rings is 1. The van der Waals surface area contributed by atoms with Crippen molar-refractivity contribution < 1.29 is 14.7 Å². The molecule has 2 fully saturated rings. The Morgan fingerprint density at radius 1 is 1.36 bits per heavy atom. The van der Waals surface area contributed by atoms with Crippen molar-refractivity contribution in [2.24, 2.45) is 20.7 Å². The van der Waals surface area contributed by atoms with Crippen LogP contribution in [0.15, 0.2) is 51.0 Å². The standard InChI is InChI=1S/C15H15N5O3S2/c1-14(12(13(22)23)20-10(21)7-11(20)25-14)8-24-15(16-18-19-17-15)9-5-3-2-4-6-9/h2-6,11-12H,7-8H2,1H3,(H,22,23). The quantitative estimate of drug-likeness (QED) is 0.794. The molecule has 3 heterocycles. The molecule has 1 N–H and O–H groups in total. The Hall–Kier alpha value is -1.94. The summed E-state index contributed by atoms with van der Waals surface area (Å²) in [6.45, 7) is 1.89. The van der Waals surface area contributed by atoms with E-state index in [9.17, 15) is 14.7 Å². The fraction of sp³-hybridized carbons (Fsp3) is 0.467. The molecule has 3 atom stereocenters. The van der Waals surface area contributed by atoms with Crippen molar-refractivity contribution in [3.05, 3.63) is 35.9 Å². The molecule has 1 aromatic rings. The molecule has 3 unspecified atom stereocenters. The molecule has 4 rings (SSSR count). The molecule has 130 valence electrons. The number of carboxylic acid groups (broad SMARTS) is 1. The first kappa shape index (κ1) is 16.5. The van der Waals surface area contributed by atoms with Gasteiger partial charge in [-0.05, 0) is 17.4 Å². The van der Waals surface area contributed by atoms with Gasteiger partial charge >= 0.3 is 5.97 Å². The molecule has 0 saturated carbocycles. The lowest BCUT2D eigenvalue weighted by Gasteiger charge is -2.37. The molecule has 0 spiro atoms. The topological polar surface area (TPSA) is 107 Å². The minimum absolute atomic E-state index is 0.0568. The Bertz CT molecular complexity index is 775. The van der Waals surface area contributed by atoms with Crippen molar-refractivity contribution in [2.75, 3.05) is 5.75 Å². The average Bonchev–Trinajstić information content (AvgIpc) is 3.16. The van der Waals surface area contributed by atoms with Gasteiger partial charge in [0.05, 0.1) is 16.5 Å². The molecule has 25 heavy (non-hydrogen) atoms. The Balaban J connectivity index is 1.59. The van der Waals surface area contributed by atoms with E-state index in [-0.39, 0.29) is 11.3 Å². The lowest BCUT2D eigenvalue weighted by Crippen LogP contribution is -2.57. The summed E-state index contributed by atoms with van der Waals surface area (Å²) < 4.78 is -0.636. The molecular weight excluding hydrogens is 362 g/mol. The van der Waals surface area contributed by atoms with Crippen LogP contribution in [0.3, 0.4) is 0 Å². The first-order valence-corrected chi connectivity index (χ1v) is 9.57. The van der Waals surface area contributed by atoms with Gasteiger partial charge in [0.1, 0.15) is 6.04 Å². The van der Waals surface area contributed by atoms with Gasteiger partial charge in [-0.3, -0.25) is 4.79 Å². The number of β-lactam (4-membered cyclic amide) rings is 1. The zero-order valence-electron chi connectivity index (χ0n) is 13.3. The van der Waals surface area contributed by atoms with Crippen LogP contribution in [0.1, 0.15) is 18.9 Å². The van der Waals surface area contributed by atoms with E-state index >= 15 is 0 Å². The minimum Gasteiger partial charge on any atom is -0.480 e. The molecule has 3 aliphatic rings. The molecule has 3 aliphatic heterocycles. The second-order valence-corrected chi connectivity index (χ2v) is 9.13. The normalized spacial score (nSPS) is 31.9. The zero-order chi connectivity index (χ0) is 17.7. The number of hydrogen-bond donors (Lipinski definition) is 1. The summed E-state index contributed by atoms with van der Waals surface area (Å²) in [6, 6.07) is 8.61. The van der Waals surface area contributed by atoms with Crippen molar-refractivity contribution in [2.45, 2.75) is 34.5 Å². The number of aliphatic carboxylic acids is 1. The number of carbonyl (C=O) groups is 2. The van der Waals surface area contributed by atoms with E-state index in [0.29, 0.717) is 12.2 Å². The van der Waals surface area contributed by atoms with Crippen molar-refractivity contribution >= 4 is 35.4 Å². The smallest absolute Gasteiger partial charge is 0.327 e. The van der Waals surface area contributed by atoms with Gasteiger partial charge < -0.3 is 10.0 Å². The van der Waals surface area contributed by atoms with E-state index in [1.165, 1.54) is 28.4 Å². The summed E-state index contributed by atoms with van der Waals surface area (Å²) in [6.07, 6.45) is 0.401. The van der Waals surface area contributed by atoms with Gasteiger partial charge in [-0.2, -0.15) is 0 Å². The van der Waals surface area contributed by atoms with Crippen LogP contribution < -0.4 is 0 Å². The molecule has 8 nitrogen and oxygen atoms in total. The van der Waals surface area contributed by atoms with Crippen LogP contribution in [0.25, 0.3) is 0 Å². The maximum Gasteiger partial charge on any atom is 0.327 e. The predicted octanol–water partition coefficient (Wildman–Crippen LogP) is 2.88. The third-order valence-electron chi connectivity index (χ3n) is 4.55. The molecule has 0 aromatic heterocycles. The van der Waals surface area contributed by atoms with Crippen molar-refractivity contribution in [3.63, 3.8) is 0 Å². The monoisotopic (exact) mass is 377 g/mol. The van der Waals surface area contributed by atoms with Gasteiger partial charge in [0.25, 0.3) is 4.99 Å². The summed E-state index contributed by atoms with van der Waals surface area (Å²) in [5, 5.41) is 25.3. The highest BCUT2D eigenvalue weighted by Crippen LogP contribution is 2.54. The number of carboxylic acids is 1. The minimum atomic E-state index is -0.991. The highest BCUT2D eigenvalue weighted by molar-refractivity contribution is 8.05. The fourth-order valence-corrected chi connectivity index (χ4v) is 6.44. The number of fused-ring (bicyclic) bond motifs is 1. The number of hydrogen-bond acceptors (Lipinski definition) is 8. The summed E-state index contributed by atoms with van der Waals surface area (Å²) >= 11 is 2.93. The molecule has 0 aliphatic carbocycles. The third-order valence-corrected chi connectivity index (χ3v) is 7.85. The van der Waals surface area contributed by atoms with E-state index in [0.717, 1.165) is 5.56 Å². The first-order valence-electron chi connectivity index (χ1n) is 7.71. The average molecular weight is 377 g/mol. The van der Waals surface area contributed by atoms with Crippen LogP contribution in [0, 0.1) is 0 Å². The number of rotatable bonds is 5. The van der Waals surface area contributed by atoms with Gasteiger partial charge in [-0.1, -0.05) is 42.1 Å². The van der Waals surface area contributed by atoms with E-state index in [1.54, 1.807) is 0 Å². The molecule has 10 heteroatoms. The van der Waals surface area contributed by atoms with Gasteiger partial charge in [0, 0.05) is 11.3 Å². The van der Waals surface area contributed by atoms with Crippen LogP contribution in [0.4, 0.5) is 0 Å². The maximum absolute atomic E-state index is 11.8. The summed E-state index contributed by atoms with van der Waals surface area (Å²) in [7, 11) is 0. The largest absolute Gasteiger partial charge is 0.480 e. The van der Waals surface area contributed by atoms with Crippen LogP contribution in [-0.2, 0) is 14.6 Å². The molecular formula is C15H15N5O3S2. The van der Waals surface area contributed by atoms with Gasteiger partial charge in [-0.15, -0.1) is 22.0 Å². The molecule has 0 radical (unpaired) electrons. The second kappa shape index (κ2) is 5.80. The third kappa shape index (κ3) is 2.54. The first-order chi connectivity index (χ1) is 12.0. The maximum atomic E-state index is 11.8. The van der Waals surface area contributed by atoms with Crippen LogP contribution in [-0.4, -0.2) is 43.8 Å². The molecule has 1 amide bonds. The summed E-state index contributed by atoms with van der Waals surface area (Å²) in [4.78, 5) is 24.1. The van der Waals surface area contributed by atoms with Crippen LogP contribution in [0.2, 0.25) is 0 Å². The number of amides is 1. The molecule has 1 aromatic carbocycles. The Morgan fingerprint density at radius 3 is 2.64 bits per heavy atom. The highest BCUT2D eigenvalue weighted by atomic mass is 32.2. The number of thioether (sulfide) groups is 2. The van der Waals surface area contributed by atoms with Crippen molar-refractivity contribution in [3.8, 4) is 0 Å². The number of nitrogens with zero attached hydrogens (tertiary/aromatic N) is 5. The summed E-state index contributed by atoms with van der Waals surface area (Å²) in [5.74, 6) is -0.631. The Morgan fingerprint density at radius 2 is 2.04 bits per heavy atom. The van der Waals surface area contributed by atoms with Crippen molar-refractivity contribution in [1.29, 1.82) is 0 Å². The van der Waals surface area contributed by atoms with Gasteiger partial charge in [0.2, 0.25) is 5.91 Å². The SMILES string of the molecule is CC1(CSC2(c3ccccc3)N=NN=N2)SC2CC(=O)N2C1C(=O)O. The second-order valence-electron chi connectivity index (χ2n) is 6.27. The lowest BCUT2D eigenvalue weighted by atomic mass is 9.98. The Labute approximate surface area is 152 Å². The number of carbonyl (C=O) groups excluding carboxylic acids is 1. The summed E-state index contributed by atoms with van der Waals surface area (Å²) in [5.41, 5.74) is 0.836. The van der Waals surface area contributed by atoms with Crippen molar-refractivity contribution in [1.82, 2.24) is 4.90 Å². The highest BCUT2D eigenvalue weighted by Gasteiger charge is 2.61. The zero-order valence-corrected chi connectivity index (χ0v) is 14.9. The lowest BCUT2D eigenvalue weighted by molar-refractivity contribution is -0.157. The van der Waals surface area contributed by atoms with Crippen LogP contribution in [0.5, 0.6) is 0 Å². The predicted molar refractivity (Wildman–Crippen MR) is 93.0 cm³/mol. The van der Waals surface area contributed by atoms with E-state index in [1.807, 2.05) is 37.3 Å².